The number of aryl methyl sites for hydroxylation is 1. The van der Waals surface area contributed by atoms with Crippen molar-refractivity contribution in [3.05, 3.63) is 30.6 Å². The molecule has 2 heterocycles. The van der Waals surface area contributed by atoms with Gasteiger partial charge in [-0.15, -0.1) is 6.58 Å². The van der Waals surface area contributed by atoms with E-state index >= 15 is 0 Å². The summed E-state index contributed by atoms with van der Waals surface area (Å²) in [6.07, 6.45) is 4.83. The molecule has 1 aromatic heterocycles. The molecule has 20 heavy (non-hydrogen) atoms. The van der Waals surface area contributed by atoms with Crippen molar-refractivity contribution >= 4 is 15.9 Å². The Hall–Kier alpha value is -1.60. The van der Waals surface area contributed by atoms with Gasteiger partial charge in [-0.3, -0.25) is 4.79 Å². The van der Waals surface area contributed by atoms with Crippen molar-refractivity contribution < 1.29 is 13.2 Å². The molecule has 1 N–H and O–H groups in total. The molecule has 0 unspecified atom stereocenters. The first-order valence-electron chi connectivity index (χ1n) is 6.52. The van der Waals surface area contributed by atoms with Crippen LogP contribution in [0.15, 0.2) is 29.8 Å². The Morgan fingerprint density at radius 3 is 2.70 bits per heavy atom. The van der Waals surface area contributed by atoms with Crippen LogP contribution in [0.1, 0.15) is 23.3 Å². The second-order valence-electron chi connectivity index (χ2n) is 4.78. The van der Waals surface area contributed by atoms with Crippen LogP contribution in [0.4, 0.5) is 0 Å². The first-order valence-corrected chi connectivity index (χ1v) is 7.96. The number of sulfonamides is 1. The fraction of sp³-hybridized carbons (Fsp3) is 0.462. The van der Waals surface area contributed by atoms with Crippen LogP contribution in [0.25, 0.3) is 0 Å². The second kappa shape index (κ2) is 5.80. The summed E-state index contributed by atoms with van der Waals surface area (Å²) < 4.78 is 27.8. The number of hydrogen-bond acceptors (Lipinski definition) is 3. The molecule has 1 aliphatic rings. The second-order valence-corrected chi connectivity index (χ2v) is 6.72. The van der Waals surface area contributed by atoms with Gasteiger partial charge >= 0.3 is 0 Å². The standard InChI is InChI=1S/C13H19N3O3S/c1-3-6-14-13(17)12-9-11(10-15(12)2)20(18,19)16-7-4-5-8-16/h3,9-10H,1,4-8H2,2H3,(H,14,17). The van der Waals surface area contributed by atoms with Gasteiger partial charge in [0.1, 0.15) is 10.6 Å². The fourth-order valence-electron chi connectivity index (χ4n) is 2.23. The Kier molecular flexibility index (Phi) is 4.29. The number of nitrogens with one attached hydrogen (secondary N) is 1. The summed E-state index contributed by atoms with van der Waals surface area (Å²) in [5.41, 5.74) is 0.324. The van der Waals surface area contributed by atoms with Crippen LogP contribution < -0.4 is 5.32 Å². The monoisotopic (exact) mass is 297 g/mol. The molecule has 1 aliphatic heterocycles. The lowest BCUT2D eigenvalue weighted by Gasteiger charge is -2.13. The van der Waals surface area contributed by atoms with Gasteiger partial charge in [-0.05, 0) is 18.9 Å². The highest BCUT2D eigenvalue weighted by Gasteiger charge is 2.29. The zero-order chi connectivity index (χ0) is 14.8. The van der Waals surface area contributed by atoms with Crippen molar-refractivity contribution in [3.8, 4) is 0 Å². The van der Waals surface area contributed by atoms with Crippen molar-refractivity contribution in [1.29, 1.82) is 0 Å². The van der Waals surface area contributed by atoms with Crippen molar-refractivity contribution in [2.75, 3.05) is 19.6 Å². The summed E-state index contributed by atoms with van der Waals surface area (Å²) in [5.74, 6) is -0.310. The third kappa shape index (κ3) is 2.78. The smallest absolute Gasteiger partial charge is 0.268 e. The molecule has 1 fully saturated rings. The van der Waals surface area contributed by atoms with Crippen molar-refractivity contribution in [2.45, 2.75) is 17.7 Å². The highest BCUT2D eigenvalue weighted by molar-refractivity contribution is 7.89. The minimum absolute atomic E-state index is 0.172. The lowest BCUT2D eigenvalue weighted by molar-refractivity contribution is 0.0950. The zero-order valence-corrected chi connectivity index (χ0v) is 12.3. The molecular weight excluding hydrogens is 278 g/mol. The van der Waals surface area contributed by atoms with Crippen LogP contribution in [-0.2, 0) is 17.1 Å². The van der Waals surface area contributed by atoms with Crippen molar-refractivity contribution in [3.63, 3.8) is 0 Å². The van der Waals surface area contributed by atoms with Crippen LogP contribution in [0.2, 0.25) is 0 Å². The number of nitrogens with zero attached hydrogens (tertiary/aromatic N) is 2. The maximum Gasteiger partial charge on any atom is 0.268 e. The average molecular weight is 297 g/mol. The van der Waals surface area contributed by atoms with Gasteiger partial charge in [0, 0.05) is 32.9 Å². The molecule has 1 saturated heterocycles. The summed E-state index contributed by atoms with van der Waals surface area (Å²) in [4.78, 5) is 12.1. The van der Waals surface area contributed by atoms with Crippen LogP contribution in [0.3, 0.4) is 0 Å². The van der Waals surface area contributed by atoms with Crippen LogP contribution in [0, 0.1) is 0 Å². The quantitative estimate of drug-likeness (QED) is 0.814. The molecular formula is C13H19N3O3S. The Labute approximate surface area is 119 Å². The van der Waals surface area contributed by atoms with Gasteiger partial charge in [0.15, 0.2) is 0 Å². The number of carbonyl (C=O) groups excluding carboxylic acids is 1. The third-order valence-corrected chi connectivity index (χ3v) is 5.19. The minimum Gasteiger partial charge on any atom is -0.347 e. The highest BCUT2D eigenvalue weighted by Crippen LogP contribution is 2.22. The first kappa shape index (κ1) is 14.8. The molecule has 0 atom stereocenters. The predicted octanol–water partition coefficient (Wildman–Crippen LogP) is 0.725. The van der Waals surface area contributed by atoms with Crippen molar-refractivity contribution in [2.24, 2.45) is 7.05 Å². The molecule has 2 rings (SSSR count). The Bertz CT molecular complexity index is 613. The third-order valence-electron chi connectivity index (χ3n) is 3.32. The number of carbonyl (C=O) groups is 1. The topological polar surface area (TPSA) is 71.4 Å². The molecule has 7 heteroatoms. The minimum atomic E-state index is -3.48. The highest BCUT2D eigenvalue weighted by atomic mass is 32.2. The number of hydrogen-bond donors (Lipinski definition) is 1. The molecule has 0 saturated carbocycles. The van der Waals surface area contributed by atoms with E-state index in [4.69, 9.17) is 0 Å². The first-order chi connectivity index (χ1) is 9.46. The summed E-state index contributed by atoms with van der Waals surface area (Å²) in [6, 6.07) is 1.42. The zero-order valence-electron chi connectivity index (χ0n) is 11.5. The van der Waals surface area contributed by atoms with Crippen molar-refractivity contribution in [1.82, 2.24) is 14.2 Å². The van der Waals surface area contributed by atoms with Gasteiger partial charge in [-0.25, -0.2) is 8.42 Å². The molecule has 6 nitrogen and oxygen atoms in total. The number of aromatic nitrogens is 1. The van der Waals surface area contributed by atoms with Gasteiger partial charge in [0.2, 0.25) is 10.0 Å². The van der Waals surface area contributed by atoms with E-state index < -0.39 is 10.0 Å². The average Bonchev–Trinajstić information content (AvgIpc) is 3.05. The lowest BCUT2D eigenvalue weighted by atomic mass is 10.4. The molecule has 0 aromatic carbocycles. The van der Waals surface area contributed by atoms with Crippen LogP contribution in [-0.4, -0.2) is 42.8 Å². The van der Waals surface area contributed by atoms with E-state index in [0.717, 1.165) is 12.8 Å². The SMILES string of the molecule is C=CCNC(=O)c1cc(S(=O)(=O)N2CCCC2)cn1C. The fourth-order valence-corrected chi connectivity index (χ4v) is 3.82. The van der Waals surface area contributed by atoms with Gasteiger partial charge in [-0.2, -0.15) is 4.31 Å². The number of rotatable bonds is 5. The van der Waals surface area contributed by atoms with Crippen LogP contribution >= 0.6 is 0 Å². The lowest BCUT2D eigenvalue weighted by Crippen LogP contribution is -2.27. The van der Waals surface area contributed by atoms with Gasteiger partial charge in [0.25, 0.3) is 5.91 Å². The summed E-state index contributed by atoms with van der Waals surface area (Å²) in [5, 5.41) is 2.64. The predicted molar refractivity (Wildman–Crippen MR) is 75.9 cm³/mol. The van der Waals surface area contributed by atoms with E-state index in [1.54, 1.807) is 13.1 Å². The van der Waals surface area contributed by atoms with Gasteiger partial charge < -0.3 is 9.88 Å². The van der Waals surface area contributed by atoms with Gasteiger partial charge in [0.05, 0.1) is 0 Å². The molecule has 1 amide bonds. The molecule has 0 radical (unpaired) electrons. The summed E-state index contributed by atoms with van der Waals surface area (Å²) >= 11 is 0. The van der Waals surface area contributed by atoms with Crippen LogP contribution in [0.5, 0.6) is 0 Å². The van der Waals surface area contributed by atoms with E-state index in [2.05, 4.69) is 11.9 Å². The Morgan fingerprint density at radius 1 is 1.45 bits per heavy atom. The summed E-state index contributed by atoms with van der Waals surface area (Å²) in [6.45, 7) is 4.97. The molecule has 0 aliphatic carbocycles. The molecule has 0 spiro atoms. The largest absolute Gasteiger partial charge is 0.347 e. The van der Waals surface area contributed by atoms with E-state index in [0.29, 0.717) is 25.3 Å². The maximum absolute atomic E-state index is 12.4. The molecule has 1 aromatic rings. The molecule has 0 bridgehead atoms. The normalized spacial score (nSPS) is 16.2. The molecule has 110 valence electrons. The van der Waals surface area contributed by atoms with Gasteiger partial charge in [-0.1, -0.05) is 6.08 Å². The maximum atomic E-state index is 12.4. The Morgan fingerprint density at radius 2 is 2.10 bits per heavy atom. The van der Waals surface area contributed by atoms with E-state index in [9.17, 15) is 13.2 Å². The number of amides is 1. The Balaban J connectivity index is 2.26. The van der Waals surface area contributed by atoms with E-state index in [-0.39, 0.29) is 10.8 Å². The van der Waals surface area contributed by atoms with E-state index in [1.165, 1.54) is 21.1 Å². The summed E-state index contributed by atoms with van der Waals surface area (Å²) in [7, 11) is -1.82. The van der Waals surface area contributed by atoms with E-state index in [1.807, 2.05) is 0 Å².